The van der Waals surface area contributed by atoms with Crippen molar-refractivity contribution in [2.45, 2.75) is 18.8 Å². The van der Waals surface area contributed by atoms with Crippen LogP contribution < -0.4 is 0 Å². The molecule has 0 radical (unpaired) electrons. The molecule has 0 saturated carbocycles. The van der Waals surface area contributed by atoms with Crippen molar-refractivity contribution in [1.82, 2.24) is 9.78 Å². The molecule has 4 nitrogen and oxygen atoms in total. The quantitative estimate of drug-likeness (QED) is 0.900. The zero-order valence-corrected chi connectivity index (χ0v) is 10.6. The Balaban J connectivity index is 2.13. The van der Waals surface area contributed by atoms with Gasteiger partial charge in [-0.3, -0.25) is 9.48 Å². The van der Waals surface area contributed by atoms with Gasteiger partial charge in [-0.05, 0) is 36.6 Å². The lowest BCUT2D eigenvalue weighted by molar-refractivity contribution is -0.138. The highest BCUT2D eigenvalue weighted by Crippen LogP contribution is 2.22. The molecule has 1 aromatic heterocycles. The number of aryl methyl sites for hydroxylation is 2. The van der Waals surface area contributed by atoms with Gasteiger partial charge in [-0.2, -0.15) is 5.10 Å². The molecule has 19 heavy (non-hydrogen) atoms. The predicted molar refractivity (Wildman–Crippen MR) is 68.3 cm³/mol. The van der Waals surface area contributed by atoms with Crippen molar-refractivity contribution in [3.8, 4) is 0 Å². The van der Waals surface area contributed by atoms with E-state index in [2.05, 4.69) is 5.10 Å². The number of aromatic nitrogens is 2. The first-order chi connectivity index (χ1) is 9.08. The molecule has 2 aromatic rings. The van der Waals surface area contributed by atoms with Crippen molar-refractivity contribution in [2.75, 3.05) is 0 Å². The highest BCUT2D eigenvalue weighted by molar-refractivity contribution is 5.76. The van der Waals surface area contributed by atoms with E-state index >= 15 is 0 Å². The summed E-state index contributed by atoms with van der Waals surface area (Å²) in [6.45, 7) is 0. The summed E-state index contributed by atoms with van der Waals surface area (Å²) in [6.07, 6.45) is 2.68. The van der Waals surface area contributed by atoms with Crippen LogP contribution in [0.15, 0.2) is 36.5 Å². The van der Waals surface area contributed by atoms with Crippen molar-refractivity contribution in [1.29, 1.82) is 0 Å². The first kappa shape index (κ1) is 13.3. The Morgan fingerprint density at radius 2 is 2.26 bits per heavy atom. The first-order valence-electron chi connectivity index (χ1n) is 6.03. The van der Waals surface area contributed by atoms with E-state index in [1.807, 2.05) is 13.1 Å². The highest BCUT2D eigenvalue weighted by atomic mass is 19.1. The summed E-state index contributed by atoms with van der Waals surface area (Å²) in [4.78, 5) is 11.3. The van der Waals surface area contributed by atoms with E-state index in [0.29, 0.717) is 18.4 Å². The highest BCUT2D eigenvalue weighted by Gasteiger charge is 2.20. The fourth-order valence-corrected chi connectivity index (χ4v) is 2.09. The molecule has 0 aliphatic rings. The summed E-state index contributed by atoms with van der Waals surface area (Å²) in [7, 11) is 1.81. The van der Waals surface area contributed by atoms with E-state index in [1.54, 1.807) is 16.9 Å². The smallest absolute Gasteiger partial charge is 0.310 e. The maximum absolute atomic E-state index is 13.2. The maximum Gasteiger partial charge on any atom is 0.310 e. The molecule has 1 atom stereocenters. The second kappa shape index (κ2) is 5.65. The Hall–Kier alpha value is -2.17. The monoisotopic (exact) mass is 262 g/mol. The third-order valence-electron chi connectivity index (χ3n) is 3.16. The van der Waals surface area contributed by atoms with Crippen molar-refractivity contribution in [2.24, 2.45) is 7.05 Å². The minimum absolute atomic E-state index is 0.413. The van der Waals surface area contributed by atoms with Crippen LogP contribution in [-0.4, -0.2) is 20.9 Å². The number of hydrogen-bond acceptors (Lipinski definition) is 2. The summed E-state index contributed by atoms with van der Waals surface area (Å²) >= 11 is 0. The molecule has 1 N–H and O–H groups in total. The number of carboxylic acids is 1. The molecule has 0 aliphatic carbocycles. The summed E-state index contributed by atoms with van der Waals surface area (Å²) in [5, 5.41) is 13.3. The molecule has 0 saturated heterocycles. The molecule has 1 unspecified atom stereocenters. The zero-order valence-electron chi connectivity index (χ0n) is 10.6. The summed E-state index contributed by atoms with van der Waals surface area (Å²) in [5.74, 6) is -2.05. The Morgan fingerprint density at radius 3 is 2.84 bits per heavy atom. The zero-order chi connectivity index (χ0) is 13.8. The number of halogens is 1. The van der Waals surface area contributed by atoms with Gasteiger partial charge in [0.1, 0.15) is 5.82 Å². The van der Waals surface area contributed by atoms with Crippen LogP contribution in [0, 0.1) is 5.82 Å². The normalized spacial score (nSPS) is 12.3. The third kappa shape index (κ3) is 3.19. The van der Waals surface area contributed by atoms with Gasteiger partial charge in [0.15, 0.2) is 0 Å². The molecule has 5 heteroatoms. The first-order valence-corrected chi connectivity index (χ1v) is 6.03. The van der Waals surface area contributed by atoms with Gasteiger partial charge in [-0.15, -0.1) is 0 Å². The Bertz CT molecular complexity index is 580. The third-order valence-corrected chi connectivity index (χ3v) is 3.16. The SMILES string of the molecule is Cn1nccc1CCC(C(=O)O)c1cccc(F)c1. The van der Waals surface area contributed by atoms with Gasteiger partial charge in [0, 0.05) is 18.9 Å². The maximum atomic E-state index is 13.2. The second-order valence-corrected chi connectivity index (χ2v) is 4.43. The molecule has 0 spiro atoms. The van der Waals surface area contributed by atoms with Crippen LogP contribution in [0.2, 0.25) is 0 Å². The number of rotatable bonds is 5. The van der Waals surface area contributed by atoms with E-state index in [0.717, 1.165) is 5.69 Å². The summed E-state index contributed by atoms with van der Waals surface area (Å²) in [6, 6.07) is 7.62. The van der Waals surface area contributed by atoms with Gasteiger partial charge in [-0.1, -0.05) is 12.1 Å². The number of benzene rings is 1. The van der Waals surface area contributed by atoms with E-state index in [1.165, 1.54) is 18.2 Å². The largest absolute Gasteiger partial charge is 0.481 e. The fraction of sp³-hybridized carbons (Fsp3) is 0.286. The average Bonchev–Trinajstić information content (AvgIpc) is 2.75. The summed E-state index contributed by atoms with van der Waals surface area (Å²) in [5.41, 5.74) is 1.46. The molecule has 0 bridgehead atoms. The number of hydrogen-bond donors (Lipinski definition) is 1. The molecule has 0 amide bonds. The molecule has 1 heterocycles. The Morgan fingerprint density at radius 1 is 1.47 bits per heavy atom. The molecule has 0 fully saturated rings. The number of nitrogens with zero attached hydrogens (tertiary/aromatic N) is 2. The van der Waals surface area contributed by atoms with E-state index in [4.69, 9.17) is 0 Å². The molecule has 1 aromatic carbocycles. The van der Waals surface area contributed by atoms with Crippen LogP contribution in [0.3, 0.4) is 0 Å². The molecule has 0 aliphatic heterocycles. The lowest BCUT2D eigenvalue weighted by Crippen LogP contribution is -2.13. The predicted octanol–water partition coefficient (Wildman–Crippen LogP) is 2.36. The number of aliphatic carboxylic acids is 1. The van der Waals surface area contributed by atoms with Crippen LogP contribution in [0.4, 0.5) is 4.39 Å². The minimum Gasteiger partial charge on any atom is -0.481 e. The topological polar surface area (TPSA) is 55.1 Å². The van der Waals surface area contributed by atoms with Gasteiger partial charge in [0.05, 0.1) is 5.92 Å². The molecule has 2 rings (SSSR count). The number of carboxylic acid groups (broad SMARTS) is 1. The van der Waals surface area contributed by atoms with Gasteiger partial charge in [0.2, 0.25) is 0 Å². The van der Waals surface area contributed by atoms with Gasteiger partial charge >= 0.3 is 5.97 Å². The van der Waals surface area contributed by atoms with E-state index in [-0.39, 0.29) is 0 Å². The van der Waals surface area contributed by atoms with Gasteiger partial charge in [0.25, 0.3) is 0 Å². The standard InChI is InChI=1S/C14H15FN2O2/c1-17-12(7-8-16-17)5-6-13(14(18)19)10-3-2-4-11(15)9-10/h2-4,7-9,13H,5-6H2,1H3,(H,18,19). The minimum atomic E-state index is -0.937. The van der Waals surface area contributed by atoms with Crippen molar-refractivity contribution < 1.29 is 14.3 Å². The molecular weight excluding hydrogens is 247 g/mol. The van der Waals surface area contributed by atoms with Crippen molar-refractivity contribution in [3.63, 3.8) is 0 Å². The lowest BCUT2D eigenvalue weighted by atomic mass is 9.93. The Kier molecular flexibility index (Phi) is 3.94. The second-order valence-electron chi connectivity index (χ2n) is 4.43. The van der Waals surface area contributed by atoms with Crippen LogP contribution in [0.25, 0.3) is 0 Å². The van der Waals surface area contributed by atoms with Crippen LogP contribution in [-0.2, 0) is 18.3 Å². The average molecular weight is 262 g/mol. The van der Waals surface area contributed by atoms with Gasteiger partial charge in [-0.25, -0.2) is 4.39 Å². The fourth-order valence-electron chi connectivity index (χ4n) is 2.09. The van der Waals surface area contributed by atoms with Crippen molar-refractivity contribution >= 4 is 5.97 Å². The van der Waals surface area contributed by atoms with Crippen LogP contribution in [0.1, 0.15) is 23.6 Å². The van der Waals surface area contributed by atoms with E-state index in [9.17, 15) is 14.3 Å². The van der Waals surface area contributed by atoms with Gasteiger partial charge < -0.3 is 5.11 Å². The van der Waals surface area contributed by atoms with Crippen molar-refractivity contribution in [3.05, 3.63) is 53.6 Å². The number of carbonyl (C=O) groups is 1. The van der Waals surface area contributed by atoms with Crippen LogP contribution in [0.5, 0.6) is 0 Å². The Labute approximate surface area is 110 Å². The lowest BCUT2D eigenvalue weighted by Gasteiger charge is -2.12. The van der Waals surface area contributed by atoms with Crippen LogP contribution >= 0.6 is 0 Å². The summed E-state index contributed by atoms with van der Waals surface area (Å²) < 4.78 is 14.9. The van der Waals surface area contributed by atoms with E-state index < -0.39 is 17.7 Å². The molecular formula is C14H15FN2O2. The molecule has 100 valence electrons.